The van der Waals surface area contributed by atoms with Crippen molar-refractivity contribution >= 4 is 10.9 Å². The molecule has 0 spiro atoms. The van der Waals surface area contributed by atoms with Crippen LogP contribution in [0.1, 0.15) is 30.6 Å². The van der Waals surface area contributed by atoms with E-state index >= 15 is 0 Å². The molecule has 1 N–H and O–H groups in total. The molecule has 0 fully saturated rings. The van der Waals surface area contributed by atoms with E-state index < -0.39 is 6.10 Å². The van der Waals surface area contributed by atoms with Gasteiger partial charge in [-0.25, -0.2) is 9.67 Å². The number of aromatic nitrogens is 4. The van der Waals surface area contributed by atoms with Crippen molar-refractivity contribution in [3.05, 3.63) is 57.9 Å². The SMILES string of the molecule is CC[C@H](O)Cn1nc(CCOC)nc1Cn1c(=O)cc(C)c2ccccc21. The predicted molar refractivity (Wildman–Crippen MR) is 104 cm³/mol. The van der Waals surface area contributed by atoms with Crippen molar-refractivity contribution in [3.63, 3.8) is 0 Å². The first-order valence-corrected chi connectivity index (χ1v) is 9.22. The fourth-order valence-electron chi connectivity index (χ4n) is 3.12. The topological polar surface area (TPSA) is 82.2 Å². The standard InChI is InChI=1S/C20H26N4O3/c1-4-15(25)12-24-19(21-18(22-24)9-10-27-3)13-23-17-8-6-5-7-16(17)14(2)11-20(23)26/h5-8,11,15,25H,4,9-10,12-13H2,1-3H3/t15-/m0/s1. The second kappa shape index (κ2) is 8.45. The number of fused-ring (bicyclic) bond motifs is 1. The van der Waals surface area contributed by atoms with E-state index in [1.807, 2.05) is 38.1 Å². The number of hydrogen-bond donors (Lipinski definition) is 1. The van der Waals surface area contributed by atoms with Crippen LogP contribution in [0.25, 0.3) is 10.9 Å². The number of benzene rings is 1. The number of pyridine rings is 1. The van der Waals surface area contributed by atoms with Crippen LogP contribution in [0.15, 0.2) is 35.1 Å². The second-order valence-corrected chi connectivity index (χ2v) is 6.70. The Bertz CT molecular complexity index is 977. The van der Waals surface area contributed by atoms with Crippen molar-refractivity contribution in [2.24, 2.45) is 0 Å². The number of aliphatic hydroxyl groups excluding tert-OH is 1. The molecule has 3 aromatic rings. The highest BCUT2D eigenvalue weighted by Gasteiger charge is 2.15. The van der Waals surface area contributed by atoms with E-state index in [9.17, 15) is 9.90 Å². The van der Waals surface area contributed by atoms with E-state index in [-0.39, 0.29) is 5.56 Å². The first kappa shape index (κ1) is 19.3. The van der Waals surface area contributed by atoms with Crippen molar-refractivity contribution in [1.29, 1.82) is 0 Å². The van der Waals surface area contributed by atoms with Crippen molar-refractivity contribution < 1.29 is 9.84 Å². The number of nitrogens with zero attached hydrogens (tertiary/aromatic N) is 4. The van der Waals surface area contributed by atoms with Gasteiger partial charge in [0.15, 0.2) is 5.82 Å². The Morgan fingerprint density at radius 3 is 2.81 bits per heavy atom. The summed E-state index contributed by atoms with van der Waals surface area (Å²) in [6.45, 7) is 5.04. The smallest absolute Gasteiger partial charge is 0.251 e. The van der Waals surface area contributed by atoms with Crippen LogP contribution >= 0.6 is 0 Å². The zero-order valence-corrected chi connectivity index (χ0v) is 16.1. The van der Waals surface area contributed by atoms with Gasteiger partial charge in [0, 0.05) is 25.0 Å². The van der Waals surface area contributed by atoms with Gasteiger partial charge in [0.2, 0.25) is 0 Å². The lowest BCUT2D eigenvalue weighted by molar-refractivity contribution is 0.143. The lowest BCUT2D eigenvalue weighted by atomic mass is 10.1. The van der Waals surface area contributed by atoms with E-state index in [1.54, 1.807) is 22.4 Å². The molecule has 1 atom stereocenters. The molecule has 0 saturated heterocycles. The highest BCUT2D eigenvalue weighted by molar-refractivity contribution is 5.82. The average Bonchev–Trinajstić information content (AvgIpc) is 3.04. The largest absolute Gasteiger partial charge is 0.391 e. The Morgan fingerprint density at radius 1 is 1.30 bits per heavy atom. The van der Waals surface area contributed by atoms with Gasteiger partial charge in [-0.1, -0.05) is 25.1 Å². The van der Waals surface area contributed by atoms with Crippen molar-refractivity contribution in [1.82, 2.24) is 19.3 Å². The van der Waals surface area contributed by atoms with E-state index in [2.05, 4.69) is 10.1 Å². The molecular formula is C20H26N4O3. The quantitative estimate of drug-likeness (QED) is 0.655. The third-order valence-electron chi connectivity index (χ3n) is 4.70. The summed E-state index contributed by atoms with van der Waals surface area (Å²) >= 11 is 0. The van der Waals surface area contributed by atoms with Crippen LogP contribution < -0.4 is 5.56 Å². The molecular weight excluding hydrogens is 344 g/mol. The highest BCUT2D eigenvalue weighted by Crippen LogP contribution is 2.17. The molecule has 7 nitrogen and oxygen atoms in total. The van der Waals surface area contributed by atoms with Crippen LogP contribution in [0, 0.1) is 6.92 Å². The summed E-state index contributed by atoms with van der Waals surface area (Å²) < 4.78 is 8.53. The number of ether oxygens (including phenoxy) is 1. The maximum atomic E-state index is 12.7. The molecule has 2 aromatic heterocycles. The van der Waals surface area contributed by atoms with Gasteiger partial charge in [-0.3, -0.25) is 4.79 Å². The lowest BCUT2D eigenvalue weighted by Gasteiger charge is -2.13. The van der Waals surface area contributed by atoms with Crippen LogP contribution in [0.3, 0.4) is 0 Å². The van der Waals surface area contributed by atoms with E-state index in [0.29, 0.717) is 44.2 Å². The van der Waals surface area contributed by atoms with Crippen LogP contribution in [0.4, 0.5) is 0 Å². The summed E-state index contributed by atoms with van der Waals surface area (Å²) in [5.41, 5.74) is 1.75. The molecule has 7 heteroatoms. The van der Waals surface area contributed by atoms with E-state index in [0.717, 1.165) is 16.5 Å². The molecule has 2 heterocycles. The third kappa shape index (κ3) is 4.26. The molecule has 0 amide bonds. The van der Waals surface area contributed by atoms with E-state index in [4.69, 9.17) is 4.74 Å². The van der Waals surface area contributed by atoms with Crippen molar-refractivity contribution in [3.8, 4) is 0 Å². The van der Waals surface area contributed by atoms with Crippen molar-refractivity contribution in [2.45, 2.75) is 45.9 Å². The first-order chi connectivity index (χ1) is 13.0. The molecule has 0 aliphatic carbocycles. The minimum atomic E-state index is -0.507. The normalized spacial score (nSPS) is 12.6. The fourth-order valence-corrected chi connectivity index (χ4v) is 3.12. The Kier molecular flexibility index (Phi) is 6.03. The summed E-state index contributed by atoms with van der Waals surface area (Å²) in [7, 11) is 1.64. The lowest BCUT2D eigenvalue weighted by Crippen LogP contribution is -2.24. The van der Waals surface area contributed by atoms with Gasteiger partial charge in [0.05, 0.1) is 31.3 Å². The molecule has 0 bridgehead atoms. The summed E-state index contributed by atoms with van der Waals surface area (Å²) in [4.78, 5) is 17.3. The Hall–Kier alpha value is -2.51. The first-order valence-electron chi connectivity index (χ1n) is 9.22. The maximum absolute atomic E-state index is 12.7. The van der Waals surface area contributed by atoms with Gasteiger partial charge in [-0.2, -0.15) is 5.10 Å². The zero-order chi connectivity index (χ0) is 19.4. The monoisotopic (exact) mass is 370 g/mol. The molecule has 0 saturated carbocycles. The van der Waals surface area contributed by atoms with Gasteiger partial charge in [0.1, 0.15) is 5.82 Å². The van der Waals surface area contributed by atoms with Gasteiger partial charge < -0.3 is 14.4 Å². The number of hydrogen-bond acceptors (Lipinski definition) is 5. The molecule has 0 aliphatic rings. The number of rotatable bonds is 8. The predicted octanol–water partition coefficient (Wildman–Crippen LogP) is 1.91. The summed E-state index contributed by atoms with van der Waals surface area (Å²) in [6, 6.07) is 9.49. The van der Waals surface area contributed by atoms with Crippen LogP contribution in [0.2, 0.25) is 0 Å². The van der Waals surface area contributed by atoms with Gasteiger partial charge >= 0.3 is 0 Å². The molecule has 0 unspecified atom stereocenters. The summed E-state index contributed by atoms with van der Waals surface area (Å²) in [5, 5.41) is 15.6. The van der Waals surface area contributed by atoms with Crippen LogP contribution in [-0.4, -0.2) is 44.3 Å². The summed E-state index contributed by atoms with van der Waals surface area (Å²) in [5.74, 6) is 1.31. The van der Waals surface area contributed by atoms with Crippen LogP contribution in [-0.2, 0) is 24.2 Å². The van der Waals surface area contributed by atoms with Gasteiger partial charge in [-0.05, 0) is 25.0 Å². The number of aryl methyl sites for hydroxylation is 1. The molecule has 0 radical (unpaired) electrons. The Labute approximate surface area is 158 Å². The second-order valence-electron chi connectivity index (χ2n) is 6.70. The van der Waals surface area contributed by atoms with Crippen LogP contribution in [0.5, 0.6) is 0 Å². The van der Waals surface area contributed by atoms with E-state index in [1.165, 1.54) is 0 Å². The minimum absolute atomic E-state index is 0.0739. The average molecular weight is 370 g/mol. The zero-order valence-electron chi connectivity index (χ0n) is 16.1. The molecule has 3 rings (SSSR count). The maximum Gasteiger partial charge on any atom is 0.251 e. The summed E-state index contributed by atoms with van der Waals surface area (Å²) in [6.07, 6.45) is 0.703. The Morgan fingerprint density at radius 2 is 2.07 bits per heavy atom. The molecule has 144 valence electrons. The molecule has 1 aromatic carbocycles. The van der Waals surface area contributed by atoms with Gasteiger partial charge in [0.25, 0.3) is 5.56 Å². The molecule has 0 aliphatic heterocycles. The fraction of sp³-hybridized carbons (Fsp3) is 0.450. The Balaban J connectivity index is 2.03. The number of aliphatic hydroxyl groups is 1. The number of para-hydroxylation sites is 1. The van der Waals surface area contributed by atoms with Crippen molar-refractivity contribution in [2.75, 3.05) is 13.7 Å². The number of methoxy groups -OCH3 is 1. The van der Waals surface area contributed by atoms with Gasteiger partial charge in [-0.15, -0.1) is 0 Å². The minimum Gasteiger partial charge on any atom is -0.391 e. The highest BCUT2D eigenvalue weighted by atomic mass is 16.5. The third-order valence-corrected chi connectivity index (χ3v) is 4.70. The molecule has 27 heavy (non-hydrogen) atoms.